The Labute approximate surface area is 329 Å². The summed E-state index contributed by atoms with van der Waals surface area (Å²) in [4.78, 5) is 49.3. The molecule has 0 saturated heterocycles. The summed E-state index contributed by atoms with van der Waals surface area (Å²) in [5.41, 5.74) is 12.8. The number of ether oxygens (including phenoxy) is 1. The van der Waals surface area contributed by atoms with Crippen molar-refractivity contribution in [1.29, 1.82) is 0 Å². The van der Waals surface area contributed by atoms with Gasteiger partial charge in [-0.05, 0) is 60.9 Å². The van der Waals surface area contributed by atoms with E-state index in [9.17, 15) is 33.1 Å². The van der Waals surface area contributed by atoms with E-state index in [0.29, 0.717) is 37.3 Å². The predicted octanol–water partition coefficient (Wildman–Crippen LogP) is 4.82. The van der Waals surface area contributed by atoms with Crippen molar-refractivity contribution in [3.05, 3.63) is 83.7 Å². The van der Waals surface area contributed by atoms with Crippen LogP contribution in [0.15, 0.2) is 60.8 Å². The largest absolute Gasteiger partial charge is 0.387 e. The standard InChI is InChI=1S/C28H34F2N4O3.C14H26N2O3/c1-28(2,3)26(34(25(36)17-35)12-11-23(31)27(32)37)24-13-19(21-14-20(29)9-10-22(21)30)16-33(24)15-18-7-5-4-6-8-18;1-3-12(19-2)10-13(17)15-8-9-16-14(18)11-6-4-5-7-11/h4-10,13-14,16,23,26,35H,11-12,15,17,31H2,1-3H3,(H2,32,37);11-12H,3-10H2,1-2H3,(H,15,17)(H,16,18)/t23?,26-;/m0./s1. The Morgan fingerprint density at radius 2 is 1.68 bits per heavy atom. The van der Waals surface area contributed by atoms with E-state index >= 15 is 0 Å². The van der Waals surface area contributed by atoms with E-state index in [1.54, 1.807) is 19.4 Å². The van der Waals surface area contributed by atoms with Gasteiger partial charge in [-0.2, -0.15) is 0 Å². The highest BCUT2D eigenvalue weighted by Crippen LogP contribution is 2.41. The molecule has 0 spiro atoms. The van der Waals surface area contributed by atoms with Crippen molar-refractivity contribution in [1.82, 2.24) is 20.1 Å². The molecule has 0 radical (unpaired) electrons. The van der Waals surface area contributed by atoms with Crippen LogP contribution in [0.4, 0.5) is 8.78 Å². The zero-order valence-corrected chi connectivity index (χ0v) is 33.4. The molecule has 1 aromatic heterocycles. The minimum Gasteiger partial charge on any atom is -0.387 e. The number of carbonyl (C=O) groups excluding carboxylic acids is 4. The van der Waals surface area contributed by atoms with E-state index in [2.05, 4.69) is 10.6 Å². The first-order valence-electron chi connectivity index (χ1n) is 19.3. The molecule has 308 valence electrons. The first-order chi connectivity index (χ1) is 26.6. The van der Waals surface area contributed by atoms with Gasteiger partial charge in [0.2, 0.25) is 23.6 Å². The van der Waals surface area contributed by atoms with E-state index in [1.165, 1.54) is 4.90 Å². The number of benzene rings is 2. The number of halogens is 2. The molecular weight excluding hydrogens is 722 g/mol. The minimum absolute atomic E-state index is 0.0203. The van der Waals surface area contributed by atoms with Crippen molar-refractivity contribution in [3.63, 3.8) is 0 Å². The maximum absolute atomic E-state index is 14.8. The molecule has 0 aliphatic heterocycles. The quantitative estimate of drug-likeness (QED) is 0.115. The number of primary amides is 1. The van der Waals surface area contributed by atoms with Crippen LogP contribution in [0.25, 0.3) is 11.1 Å². The molecule has 2 unspecified atom stereocenters. The monoisotopic (exact) mass is 782 g/mol. The number of nitrogens with zero attached hydrogens (tertiary/aromatic N) is 2. The predicted molar refractivity (Wildman–Crippen MR) is 212 cm³/mol. The lowest BCUT2D eigenvalue weighted by Gasteiger charge is -2.41. The Kier molecular flexibility index (Phi) is 18.1. The van der Waals surface area contributed by atoms with E-state index < -0.39 is 47.6 Å². The molecule has 3 atom stereocenters. The van der Waals surface area contributed by atoms with Crippen molar-refractivity contribution in [2.24, 2.45) is 22.8 Å². The van der Waals surface area contributed by atoms with E-state index in [1.807, 2.05) is 62.6 Å². The van der Waals surface area contributed by atoms with Gasteiger partial charge in [0.1, 0.15) is 18.2 Å². The van der Waals surface area contributed by atoms with Crippen LogP contribution in [-0.2, 0) is 30.5 Å². The number of methoxy groups -OCH3 is 1. The summed E-state index contributed by atoms with van der Waals surface area (Å²) in [6, 6.07) is 13.0. The van der Waals surface area contributed by atoms with Crippen LogP contribution in [0.3, 0.4) is 0 Å². The van der Waals surface area contributed by atoms with Crippen LogP contribution < -0.4 is 22.1 Å². The topological polar surface area (TPSA) is 182 Å². The fourth-order valence-electron chi connectivity index (χ4n) is 6.91. The van der Waals surface area contributed by atoms with Crippen molar-refractivity contribution < 1.29 is 37.8 Å². The molecule has 4 amide bonds. The number of nitrogens with one attached hydrogen (secondary N) is 2. The summed E-state index contributed by atoms with van der Waals surface area (Å²) in [5, 5.41) is 15.5. The molecule has 1 aliphatic rings. The Morgan fingerprint density at radius 3 is 2.27 bits per heavy atom. The van der Waals surface area contributed by atoms with Crippen LogP contribution in [0.5, 0.6) is 0 Å². The van der Waals surface area contributed by atoms with E-state index in [0.717, 1.165) is 55.9 Å². The number of nitrogens with two attached hydrogens (primary N) is 2. The zero-order chi connectivity index (χ0) is 41.4. The number of amides is 4. The van der Waals surface area contributed by atoms with Gasteiger partial charge in [0.25, 0.3) is 0 Å². The van der Waals surface area contributed by atoms with Gasteiger partial charge in [-0.3, -0.25) is 19.2 Å². The average molecular weight is 783 g/mol. The molecule has 3 aromatic rings. The second kappa shape index (κ2) is 22.2. The van der Waals surface area contributed by atoms with Crippen LogP contribution in [0.1, 0.15) is 89.9 Å². The van der Waals surface area contributed by atoms with Crippen LogP contribution in [0, 0.1) is 23.0 Å². The average Bonchev–Trinajstić information content (AvgIpc) is 3.86. The minimum atomic E-state index is -0.970. The third-order valence-corrected chi connectivity index (χ3v) is 9.95. The molecule has 12 nitrogen and oxygen atoms in total. The summed E-state index contributed by atoms with van der Waals surface area (Å²) >= 11 is 0. The summed E-state index contributed by atoms with van der Waals surface area (Å²) in [6.45, 7) is 8.50. The lowest BCUT2D eigenvalue weighted by atomic mass is 9.82. The molecule has 2 aromatic carbocycles. The van der Waals surface area contributed by atoms with Crippen molar-refractivity contribution in [2.75, 3.05) is 33.4 Å². The highest BCUT2D eigenvalue weighted by molar-refractivity contribution is 5.80. The Hall–Kier alpha value is -4.66. The van der Waals surface area contributed by atoms with Crippen LogP contribution >= 0.6 is 0 Å². The first kappa shape index (κ1) is 45.7. The maximum Gasteiger partial charge on any atom is 0.248 e. The van der Waals surface area contributed by atoms with Gasteiger partial charge in [0, 0.05) is 62.2 Å². The molecule has 0 bridgehead atoms. The number of hydrogen-bond donors (Lipinski definition) is 5. The summed E-state index contributed by atoms with van der Waals surface area (Å²) in [7, 11) is 1.61. The third kappa shape index (κ3) is 13.8. The molecule has 1 saturated carbocycles. The fraction of sp³-hybridized carbons (Fsp3) is 0.524. The SMILES string of the molecule is CC(C)(C)[C@H](c1cc(-c2cc(F)ccc2F)cn1Cc1ccccc1)N(CCC(N)C(N)=O)C(=O)CO.CCC(CC(=O)NCCNC(=O)C1CCCC1)OC. The Bertz CT molecular complexity index is 1720. The number of aliphatic hydroxyl groups excluding tert-OH is 1. The summed E-state index contributed by atoms with van der Waals surface area (Å²) in [5.74, 6) is -2.10. The van der Waals surface area contributed by atoms with Gasteiger partial charge in [-0.25, -0.2) is 8.78 Å². The molecule has 1 fully saturated rings. The number of rotatable bonds is 18. The van der Waals surface area contributed by atoms with Crippen molar-refractivity contribution in [2.45, 2.75) is 97.4 Å². The van der Waals surface area contributed by atoms with Gasteiger partial charge < -0.3 is 41.4 Å². The van der Waals surface area contributed by atoms with Crippen molar-refractivity contribution in [3.8, 4) is 11.1 Å². The normalized spacial score (nSPS) is 14.6. The van der Waals surface area contributed by atoms with Gasteiger partial charge in [-0.1, -0.05) is 70.9 Å². The highest BCUT2D eigenvalue weighted by Gasteiger charge is 2.37. The lowest BCUT2D eigenvalue weighted by molar-refractivity contribution is -0.140. The Balaban J connectivity index is 0.000000372. The van der Waals surface area contributed by atoms with E-state index in [-0.39, 0.29) is 42.4 Å². The number of aromatic nitrogens is 1. The molecule has 1 aliphatic carbocycles. The van der Waals surface area contributed by atoms with Crippen LogP contribution in [-0.4, -0.2) is 83.7 Å². The summed E-state index contributed by atoms with van der Waals surface area (Å²) < 4.78 is 35.9. The van der Waals surface area contributed by atoms with E-state index in [4.69, 9.17) is 16.2 Å². The highest BCUT2D eigenvalue weighted by atomic mass is 19.1. The maximum atomic E-state index is 14.8. The molecule has 56 heavy (non-hydrogen) atoms. The molecule has 14 heteroatoms. The van der Waals surface area contributed by atoms with Gasteiger partial charge in [0.05, 0.1) is 24.6 Å². The lowest BCUT2D eigenvalue weighted by Crippen LogP contribution is -2.46. The van der Waals surface area contributed by atoms with Gasteiger partial charge >= 0.3 is 0 Å². The van der Waals surface area contributed by atoms with Crippen molar-refractivity contribution >= 4 is 23.6 Å². The second-order valence-electron chi connectivity index (χ2n) is 15.3. The fourth-order valence-corrected chi connectivity index (χ4v) is 6.91. The first-order valence-corrected chi connectivity index (χ1v) is 19.3. The molecule has 4 rings (SSSR count). The zero-order valence-electron chi connectivity index (χ0n) is 33.4. The van der Waals surface area contributed by atoms with Gasteiger partial charge in [-0.15, -0.1) is 0 Å². The third-order valence-electron chi connectivity index (χ3n) is 9.95. The number of hydrogen-bond acceptors (Lipinski definition) is 7. The molecule has 1 heterocycles. The van der Waals surface area contributed by atoms with Gasteiger partial charge in [0.15, 0.2) is 0 Å². The number of aliphatic hydroxyl groups is 1. The second-order valence-corrected chi connectivity index (χ2v) is 15.3. The molecule has 7 N–H and O–H groups in total. The Morgan fingerprint density at radius 1 is 1.02 bits per heavy atom. The smallest absolute Gasteiger partial charge is 0.248 e. The number of carbonyl (C=O) groups is 4. The molecular formula is C42H60F2N6O6. The summed E-state index contributed by atoms with van der Waals surface area (Å²) in [6.07, 6.45) is 7.33. The van der Waals surface area contributed by atoms with Crippen LogP contribution in [0.2, 0.25) is 0 Å².